The van der Waals surface area contributed by atoms with Crippen molar-refractivity contribution in [2.75, 3.05) is 12.5 Å². The smallest absolute Gasteiger partial charge is 0.248 e. The molecule has 0 bridgehead atoms. The van der Waals surface area contributed by atoms with Crippen LogP contribution in [0.1, 0.15) is 12.8 Å². The molecule has 152 valence electrons. The van der Waals surface area contributed by atoms with Crippen LogP contribution in [0, 0.1) is 0 Å². The van der Waals surface area contributed by atoms with E-state index in [9.17, 15) is 13.2 Å². The second-order valence-corrected chi connectivity index (χ2v) is 10.1. The van der Waals surface area contributed by atoms with Gasteiger partial charge in [0.2, 0.25) is 12.7 Å². The molecule has 1 amide bonds. The summed E-state index contributed by atoms with van der Waals surface area (Å²) in [5.41, 5.74) is 0.885. The molecular weight excluding hydrogens is 436 g/mol. The monoisotopic (exact) mass is 452 g/mol. The lowest BCUT2D eigenvalue weighted by Gasteiger charge is -2.03. The van der Waals surface area contributed by atoms with Crippen molar-refractivity contribution in [3.8, 4) is 11.5 Å². The van der Waals surface area contributed by atoms with Crippen LogP contribution in [0.5, 0.6) is 11.5 Å². The number of amides is 1. The summed E-state index contributed by atoms with van der Waals surface area (Å²) in [6.07, 6.45) is 0.238. The molecule has 0 saturated heterocycles. The van der Waals surface area contributed by atoms with Crippen molar-refractivity contribution in [3.63, 3.8) is 0 Å². The molecule has 0 aliphatic carbocycles. The number of carbonyl (C=O) groups excluding carboxylic acids is 1. The van der Waals surface area contributed by atoms with E-state index in [2.05, 4.69) is 4.99 Å². The van der Waals surface area contributed by atoms with Crippen molar-refractivity contribution in [2.45, 2.75) is 17.7 Å². The van der Waals surface area contributed by atoms with Gasteiger partial charge in [0.25, 0.3) is 0 Å². The third-order valence-corrected chi connectivity index (χ3v) is 7.66. The van der Waals surface area contributed by atoms with Gasteiger partial charge in [-0.15, -0.1) is 0 Å². The van der Waals surface area contributed by atoms with Crippen LogP contribution in [-0.4, -0.2) is 31.4 Å². The summed E-state index contributed by atoms with van der Waals surface area (Å²) >= 11 is 7.15. The zero-order chi connectivity index (χ0) is 20.6. The minimum absolute atomic E-state index is 0.0454. The van der Waals surface area contributed by atoms with E-state index in [1.165, 1.54) is 35.6 Å². The van der Waals surface area contributed by atoms with Gasteiger partial charge in [-0.05, 0) is 30.7 Å². The topological polar surface area (TPSA) is 87.0 Å². The second-order valence-electron chi connectivity index (χ2n) is 6.50. The molecule has 10 heteroatoms. The predicted molar refractivity (Wildman–Crippen MR) is 110 cm³/mol. The highest BCUT2D eigenvalue weighted by atomic mass is 35.5. The maximum atomic E-state index is 12.3. The van der Waals surface area contributed by atoms with E-state index >= 15 is 0 Å². The van der Waals surface area contributed by atoms with E-state index in [4.69, 9.17) is 21.1 Å². The molecule has 0 saturated carbocycles. The number of nitrogens with zero attached hydrogens (tertiary/aromatic N) is 2. The van der Waals surface area contributed by atoms with E-state index in [1.54, 1.807) is 0 Å². The Morgan fingerprint density at radius 1 is 1.21 bits per heavy atom. The molecule has 0 unspecified atom stereocenters. The first-order chi connectivity index (χ1) is 13.8. The molecule has 1 aliphatic heterocycles. The molecule has 0 fully saturated rings. The molecule has 1 aliphatic rings. The first-order valence-corrected chi connectivity index (χ1v) is 11.6. The quantitative estimate of drug-likeness (QED) is 0.592. The van der Waals surface area contributed by atoms with E-state index < -0.39 is 9.84 Å². The Labute approximate surface area is 176 Å². The number of benzene rings is 2. The Morgan fingerprint density at radius 3 is 2.62 bits per heavy atom. The van der Waals surface area contributed by atoms with Crippen molar-refractivity contribution in [3.05, 3.63) is 46.2 Å². The number of hydrogen-bond acceptors (Lipinski definition) is 6. The second kappa shape index (κ2) is 7.81. The van der Waals surface area contributed by atoms with Crippen molar-refractivity contribution >= 4 is 48.9 Å². The van der Waals surface area contributed by atoms with Crippen LogP contribution in [0.15, 0.2) is 46.3 Å². The molecule has 2 heterocycles. The lowest BCUT2D eigenvalue weighted by atomic mass is 10.3. The Morgan fingerprint density at radius 2 is 1.90 bits per heavy atom. The van der Waals surface area contributed by atoms with Crippen LogP contribution in [0.4, 0.5) is 0 Å². The average Bonchev–Trinajstić information content (AvgIpc) is 3.24. The lowest BCUT2D eigenvalue weighted by molar-refractivity contribution is -0.118. The third-order valence-electron chi connectivity index (χ3n) is 4.50. The molecular formula is C19H17ClN2O5S2. The number of sulfone groups is 1. The van der Waals surface area contributed by atoms with Crippen LogP contribution in [0.25, 0.3) is 10.2 Å². The fourth-order valence-electron chi connectivity index (χ4n) is 2.96. The number of aromatic nitrogens is 1. The number of rotatable bonds is 5. The van der Waals surface area contributed by atoms with E-state index in [-0.39, 0.29) is 36.2 Å². The SMILES string of the molecule is Cn1c(=NC(=O)CCCS(=O)(=O)c2ccc(Cl)cc2)sc2cc3c(cc21)OCO3. The fraction of sp³-hybridized carbons (Fsp3) is 0.263. The summed E-state index contributed by atoms with van der Waals surface area (Å²) in [4.78, 5) is 17.2. The van der Waals surface area contributed by atoms with Crippen LogP contribution in [0.2, 0.25) is 5.02 Å². The van der Waals surface area contributed by atoms with Gasteiger partial charge in [0.05, 0.1) is 20.9 Å². The minimum Gasteiger partial charge on any atom is -0.454 e. The first kappa shape index (κ1) is 19.9. The van der Waals surface area contributed by atoms with Crippen molar-refractivity contribution < 1.29 is 22.7 Å². The molecule has 29 heavy (non-hydrogen) atoms. The highest BCUT2D eigenvalue weighted by Crippen LogP contribution is 2.36. The Bertz CT molecular complexity index is 1260. The maximum absolute atomic E-state index is 12.3. The molecule has 1 aromatic heterocycles. The van der Waals surface area contributed by atoms with Gasteiger partial charge in [-0.25, -0.2) is 8.42 Å². The number of hydrogen-bond donors (Lipinski definition) is 0. The van der Waals surface area contributed by atoms with Gasteiger partial charge in [0, 0.05) is 30.6 Å². The van der Waals surface area contributed by atoms with Crippen LogP contribution < -0.4 is 14.3 Å². The van der Waals surface area contributed by atoms with Crippen molar-refractivity contribution in [2.24, 2.45) is 12.0 Å². The fourth-order valence-corrected chi connectivity index (χ4v) is 5.44. The summed E-state index contributed by atoms with van der Waals surface area (Å²) in [6, 6.07) is 9.71. The van der Waals surface area contributed by atoms with Crippen LogP contribution in [0.3, 0.4) is 0 Å². The van der Waals surface area contributed by atoms with Gasteiger partial charge in [-0.2, -0.15) is 4.99 Å². The minimum atomic E-state index is -3.46. The zero-order valence-corrected chi connectivity index (χ0v) is 17.8. The first-order valence-electron chi connectivity index (χ1n) is 8.78. The number of fused-ring (bicyclic) bond motifs is 2. The number of aryl methyl sites for hydroxylation is 1. The highest BCUT2D eigenvalue weighted by molar-refractivity contribution is 7.91. The normalized spacial score (nSPS) is 13.9. The standard InChI is InChI=1S/C19H17ClN2O5S2/c1-22-14-9-15-16(27-11-26-15)10-17(14)28-19(22)21-18(23)3-2-8-29(24,25)13-6-4-12(20)5-7-13/h4-7,9-10H,2-3,8,11H2,1H3. The summed E-state index contributed by atoms with van der Waals surface area (Å²) in [5, 5.41) is 0.470. The number of halogens is 1. The molecule has 0 radical (unpaired) electrons. The van der Waals surface area contributed by atoms with Crippen LogP contribution >= 0.6 is 22.9 Å². The lowest BCUT2D eigenvalue weighted by Crippen LogP contribution is -2.14. The Balaban J connectivity index is 1.46. The highest BCUT2D eigenvalue weighted by Gasteiger charge is 2.17. The summed E-state index contributed by atoms with van der Waals surface area (Å²) < 4.78 is 38.2. The molecule has 0 atom stereocenters. The summed E-state index contributed by atoms with van der Waals surface area (Å²) in [5.74, 6) is 0.842. The Kier molecular flexibility index (Phi) is 5.37. The van der Waals surface area contributed by atoms with Crippen molar-refractivity contribution in [1.29, 1.82) is 0 Å². The molecule has 0 N–H and O–H groups in total. The molecule has 2 aromatic carbocycles. The van der Waals surface area contributed by atoms with E-state index in [0.29, 0.717) is 21.3 Å². The van der Waals surface area contributed by atoms with Gasteiger partial charge in [0.1, 0.15) is 0 Å². The number of carbonyl (C=O) groups is 1. The van der Waals surface area contributed by atoms with Gasteiger partial charge in [-0.3, -0.25) is 4.79 Å². The third kappa shape index (κ3) is 4.17. The van der Waals surface area contributed by atoms with Gasteiger partial charge < -0.3 is 14.0 Å². The van der Waals surface area contributed by atoms with Gasteiger partial charge in [0.15, 0.2) is 26.1 Å². The molecule has 0 spiro atoms. The average molecular weight is 453 g/mol. The van der Waals surface area contributed by atoms with Crippen molar-refractivity contribution in [1.82, 2.24) is 4.57 Å². The summed E-state index contributed by atoms with van der Waals surface area (Å²) in [6.45, 7) is 0.199. The number of thiazole rings is 1. The zero-order valence-electron chi connectivity index (χ0n) is 15.4. The summed E-state index contributed by atoms with van der Waals surface area (Å²) in [7, 11) is -1.65. The molecule has 7 nitrogen and oxygen atoms in total. The predicted octanol–water partition coefficient (Wildman–Crippen LogP) is 3.30. The number of ether oxygens (including phenoxy) is 2. The maximum Gasteiger partial charge on any atom is 0.248 e. The Hall–Kier alpha value is -2.36. The van der Waals surface area contributed by atoms with Gasteiger partial charge in [-0.1, -0.05) is 22.9 Å². The van der Waals surface area contributed by atoms with Gasteiger partial charge >= 0.3 is 0 Å². The molecule has 3 aromatic rings. The van der Waals surface area contributed by atoms with E-state index in [1.807, 2.05) is 23.7 Å². The van der Waals surface area contributed by atoms with Crippen LogP contribution in [-0.2, 0) is 21.7 Å². The largest absolute Gasteiger partial charge is 0.454 e. The van der Waals surface area contributed by atoms with E-state index in [0.717, 1.165) is 10.2 Å². The molecule has 4 rings (SSSR count).